The molecule has 4 heterocycles. The maximum Gasteiger partial charge on any atom is 0.335 e. The molecule has 0 amide bonds. The molecular formula is C29H30Cl2N4O4S. The zero-order valence-corrected chi connectivity index (χ0v) is 24.2. The molecule has 2 aliphatic heterocycles. The van der Waals surface area contributed by atoms with E-state index in [1.54, 1.807) is 36.4 Å². The molecule has 1 N–H and O–H groups in total. The van der Waals surface area contributed by atoms with E-state index in [1.165, 1.54) is 0 Å². The second kappa shape index (κ2) is 12.4. The van der Waals surface area contributed by atoms with E-state index in [-0.39, 0.29) is 25.2 Å². The van der Waals surface area contributed by atoms with Gasteiger partial charge in [-0.2, -0.15) is 13.5 Å². The minimum atomic E-state index is -0.940. The van der Waals surface area contributed by atoms with E-state index in [0.717, 1.165) is 60.7 Å². The van der Waals surface area contributed by atoms with Gasteiger partial charge >= 0.3 is 5.97 Å². The number of carbonyl (C=O) groups is 1. The molecule has 8 nitrogen and oxygen atoms in total. The minimum absolute atomic E-state index is 0. The fourth-order valence-electron chi connectivity index (χ4n) is 5.24. The van der Waals surface area contributed by atoms with Gasteiger partial charge < -0.3 is 19.1 Å². The van der Waals surface area contributed by atoms with E-state index >= 15 is 0 Å². The van der Waals surface area contributed by atoms with Crippen LogP contribution in [0.25, 0.3) is 11.0 Å². The van der Waals surface area contributed by atoms with E-state index in [2.05, 4.69) is 20.5 Å². The second-order valence-corrected chi connectivity index (χ2v) is 10.9. The third kappa shape index (κ3) is 6.24. The van der Waals surface area contributed by atoms with Crippen LogP contribution in [0.5, 0.6) is 5.75 Å². The number of benzene rings is 2. The number of hydrogen-bond acceptors (Lipinski definition) is 6. The van der Waals surface area contributed by atoms with Crippen molar-refractivity contribution < 1.29 is 19.4 Å². The summed E-state index contributed by atoms with van der Waals surface area (Å²) in [4.78, 5) is 23.5. The molecule has 2 aromatic carbocycles. The Morgan fingerprint density at radius 3 is 2.73 bits per heavy atom. The van der Waals surface area contributed by atoms with Crippen LogP contribution in [0.15, 0.2) is 54.7 Å². The number of carboxylic acid groups (broad SMARTS) is 1. The fraction of sp³-hybridized carbons (Fsp3) is 0.345. The number of aromatic nitrogens is 3. The molecule has 4 aromatic rings. The van der Waals surface area contributed by atoms with E-state index in [1.807, 2.05) is 12.3 Å². The molecular weight excluding hydrogens is 571 g/mol. The summed E-state index contributed by atoms with van der Waals surface area (Å²) in [5, 5.41) is 10.5. The molecule has 0 saturated carbocycles. The van der Waals surface area contributed by atoms with Gasteiger partial charge in [0.2, 0.25) is 0 Å². The van der Waals surface area contributed by atoms with Crippen molar-refractivity contribution in [1.29, 1.82) is 0 Å². The number of aromatic carboxylic acids is 1. The monoisotopic (exact) mass is 600 g/mol. The summed E-state index contributed by atoms with van der Waals surface area (Å²) < 4.78 is 13.7. The second-order valence-electron chi connectivity index (χ2n) is 10.1. The zero-order valence-electron chi connectivity index (χ0n) is 21.7. The Morgan fingerprint density at radius 1 is 1.12 bits per heavy atom. The largest absolute Gasteiger partial charge is 0.487 e. The number of imidazole rings is 1. The molecule has 2 saturated heterocycles. The lowest BCUT2D eigenvalue weighted by Gasteiger charge is -2.28. The number of rotatable bonds is 9. The lowest BCUT2D eigenvalue weighted by Crippen LogP contribution is -2.32. The Labute approximate surface area is 249 Å². The Balaban J connectivity index is 0.00000323. The summed E-state index contributed by atoms with van der Waals surface area (Å²) in [7, 11) is 0. The van der Waals surface area contributed by atoms with Gasteiger partial charge in [-0.15, -0.1) is 0 Å². The van der Waals surface area contributed by atoms with Crippen LogP contribution in [-0.2, 0) is 24.4 Å². The number of hydrogen-bond donors (Lipinski definition) is 1. The fourth-order valence-corrected chi connectivity index (χ4v) is 5.70. The van der Waals surface area contributed by atoms with E-state index in [4.69, 9.17) is 37.7 Å². The van der Waals surface area contributed by atoms with Crippen LogP contribution in [0.1, 0.15) is 46.2 Å². The van der Waals surface area contributed by atoms with Gasteiger partial charge in [-0.05, 0) is 73.5 Å². The number of nitrogens with zero attached hydrogens (tertiary/aromatic N) is 4. The van der Waals surface area contributed by atoms with Gasteiger partial charge in [0.1, 0.15) is 18.2 Å². The van der Waals surface area contributed by atoms with Crippen molar-refractivity contribution in [3.63, 3.8) is 0 Å². The van der Waals surface area contributed by atoms with Crippen molar-refractivity contribution >= 4 is 53.7 Å². The van der Waals surface area contributed by atoms with Crippen LogP contribution < -0.4 is 4.74 Å². The smallest absolute Gasteiger partial charge is 0.335 e. The van der Waals surface area contributed by atoms with Crippen molar-refractivity contribution in [1.82, 2.24) is 19.4 Å². The van der Waals surface area contributed by atoms with Crippen LogP contribution in [0.3, 0.4) is 0 Å². The average Bonchev–Trinajstić information content (AvgIpc) is 3.50. The van der Waals surface area contributed by atoms with Gasteiger partial charge in [-0.3, -0.25) is 9.88 Å². The average molecular weight is 602 g/mol. The third-order valence-electron chi connectivity index (χ3n) is 7.44. The topological polar surface area (TPSA) is 89.7 Å². The highest BCUT2D eigenvalue weighted by Gasteiger charge is 2.28. The maximum absolute atomic E-state index is 11.6. The van der Waals surface area contributed by atoms with Gasteiger partial charge in [0.25, 0.3) is 0 Å². The highest BCUT2D eigenvalue weighted by atomic mass is 35.5. The maximum atomic E-state index is 11.6. The predicted molar refractivity (Wildman–Crippen MR) is 159 cm³/mol. The first-order valence-corrected chi connectivity index (χ1v) is 13.8. The van der Waals surface area contributed by atoms with E-state index in [0.29, 0.717) is 41.4 Å². The highest BCUT2D eigenvalue weighted by Crippen LogP contribution is 2.31. The van der Waals surface area contributed by atoms with Crippen molar-refractivity contribution in [3.05, 3.63) is 87.4 Å². The molecule has 2 atom stereocenters. The molecule has 0 radical (unpaired) electrons. The normalized spacial score (nSPS) is 18.9. The number of carboxylic acids is 1. The summed E-state index contributed by atoms with van der Waals surface area (Å²) >= 11 is 12.2. The summed E-state index contributed by atoms with van der Waals surface area (Å²) in [5.74, 6) is 0.885. The van der Waals surface area contributed by atoms with Crippen molar-refractivity contribution in [2.75, 3.05) is 19.7 Å². The molecule has 1 unspecified atom stereocenters. The molecule has 210 valence electrons. The molecule has 0 spiro atoms. The van der Waals surface area contributed by atoms with Crippen LogP contribution >= 0.6 is 36.7 Å². The number of ether oxygens (including phenoxy) is 2. The molecule has 0 aliphatic carbocycles. The Kier molecular flexibility index (Phi) is 8.87. The van der Waals surface area contributed by atoms with E-state index < -0.39 is 5.97 Å². The summed E-state index contributed by atoms with van der Waals surface area (Å²) in [5.41, 5.74) is 3.98. The Hall–Kier alpha value is -2.82. The first kappa shape index (κ1) is 28.7. The molecule has 2 aliphatic rings. The number of halogens is 2. The predicted octanol–water partition coefficient (Wildman–Crippen LogP) is 5.91. The standard InChI is InChI=1S/C29H28Cl2N4O4.H2S/c30-21-2-4-27(23(31)13-21)39-17-18-5-8-32-25(11-18)20-6-9-34(14-20)16-28-33-24-3-1-19(29(36)37)12-26(24)35(28)15-22-7-10-38-22;/h1-5,8,11-13,20,22H,6-7,9-10,14-17H2,(H,36,37);1H2/t20?,22-;/m0./s1. The lowest BCUT2D eigenvalue weighted by molar-refractivity contribution is -0.0591. The van der Waals surface area contributed by atoms with Crippen molar-refractivity contribution in [3.8, 4) is 5.75 Å². The van der Waals surface area contributed by atoms with Crippen molar-refractivity contribution in [2.24, 2.45) is 0 Å². The van der Waals surface area contributed by atoms with Crippen molar-refractivity contribution in [2.45, 2.75) is 44.6 Å². The molecule has 2 aromatic heterocycles. The van der Waals surface area contributed by atoms with Crippen LogP contribution in [0.2, 0.25) is 10.0 Å². The summed E-state index contributed by atoms with van der Waals surface area (Å²) in [6.45, 7) is 4.30. The molecule has 0 bridgehead atoms. The molecule has 40 heavy (non-hydrogen) atoms. The van der Waals surface area contributed by atoms with Crippen LogP contribution in [0, 0.1) is 0 Å². The van der Waals surface area contributed by atoms with Crippen LogP contribution in [-0.4, -0.2) is 56.3 Å². The first-order valence-electron chi connectivity index (χ1n) is 13.0. The van der Waals surface area contributed by atoms with Gasteiger partial charge in [-0.25, -0.2) is 9.78 Å². The van der Waals surface area contributed by atoms with Gasteiger partial charge in [0.15, 0.2) is 0 Å². The Morgan fingerprint density at radius 2 is 1.98 bits per heavy atom. The summed E-state index contributed by atoms with van der Waals surface area (Å²) in [6.07, 6.45) is 3.96. The number of likely N-dealkylation sites (tertiary alicyclic amines) is 1. The Bertz CT molecular complexity index is 1530. The highest BCUT2D eigenvalue weighted by molar-refractivity contribution is 7.59. The zero-order chi connectivity index (χ0) is 26.9. The van der Waals surface area contributed by atoms with Gasteiger partial charge in [0, 0.05) is 36.0 Å². The molecule has 2 fully saturated rings. The summed E-state index contributed by atoms with van der Waals surface area (Å²) in [6, 6.07) is 14.4. The van der Waals surface area contributed by atoms with E-state index in [9.17, 15) is 9.90 Å². The number of fused-ring (bicyclic) bond motifs is 1. The van der Waals surface area contributed by atoms with Crippen LogP contribution in [0.4, 0.5) is 0 Å². The third-order valence-corrected chi connectivity index (χ3v) is 7.97. The quantitative estimate of drug-likeness (QED) is 0.255. The SMILES string of the molecule is O=C(O)c1ccc2nc(CN3CCC(c4cc(COc5ccc(Cl)cc5Cl)ccn4)C3)n(C[C@@H]3CCO3)c2c1.S. The molecule has 11 heteroatoms. The lowest BCUT2D eigenvalue weighted by atomic mass is 10.0. The van der Waals surface area contributed by atoms with Gasteiger partial charge in [-0.1, -0.05) is 23.2 Å². The number of pyridine rings is 1. The minimum Gasteiger partial charge on any atom is -0.487 e. The first-order chi connectivity index (χ1) is 18.9. The molecule has 6 rings (SSSR count). The van der Waals surface area contributed by atoms with Gasteiger partial charge in [0.05, 0.1) is 40.8 Å².